The van der Waals surface area contributed by atoms with Crippen molar-refractivity contribution in [2.45, 2.75) is 64.1 Å². The molecule has 0 aliphatic heterocycles. The van der Waals surface area contributed by atoms with Crippen molar-refractivity contribution in [2.75, 3.05) is 0 Å². The lowest BCUT2D eigenvalue weighted by molar-refractivity contribution is -0.0232. The fraction of sp³-hybridized carbons (Fsp3) is 1.00. The number of hydrogen-bond acceptors (Lipinski definition) is 2. The van der Waals surface area contributed by atoms with Crippen LogP contribution in [0.5, 0.6) is 0 Å². The molecular weight excluding hydrogens is 164 g/mol. The summed E-state index contributed by atoms with van der Waals surface area (Å²) in [6.07, 6.45) is 4.81. The molecule has 0 amide bonds. The standard InChI is InChI=1S/C11H22O2/c1-10(2,12)7-9-5-4-6-11(3,13)8-9/h9,12-13H,4-8H2,1-3H3. The van der Waals surface area contributed by atoms with Crippen LogP contribution in [0.1, 0.15) is 52.9 Å². The van der Waals surface area contributed by atoms with Crippen molar-refractivity contribution in [1.29, 1.82) is 0 Å². The molecule has 1 aliphatic rings. The van der Waals surface area contributed by atoms with Crippen molar-refractivity contribution in [3.63, 3.8) is 0 Å². The second-order valence-electron chi connectivity index (χ2n) is 5.48. The third-order valence-corrected chi connectivity index (χ3v) is 2.84. The Balaban J connectivity index is 2.44. The molecule has 2 nitrogen and oxygen atoms in total. The highest BCUT2D eigenvalue weighted by molar-refractivity contribution is 4.85. The zero-order valence-corrected chi connectivity index (χ0v) is 9.01. The largest absolute Gasteiger partial charge is 0.390 e. The number of hydrogen-bond donors (Lipinski definition) is 2. The molecule has 1 aliphatic carbocycles. The summed E-state index contributed by atoms with van der Waals surface area (Å²) in [5.41, 5.74) is -1.08. The van der Waals surface area contributed by atoms with E-state index in [1.807, 2.05) is 20.8 Å². The van der Waals surface area contributed by atoms with E-state index in [2.05, 4.69) is 0 Å². The predicted octanol–water partition coefficient (Wildman–Crippen LogP) is 2.09. The van der Waals surface area contributed by atoms with Gasteiger partial charge in [-0.1, -0.05) is 12.8 Å². The minimum atomic E-state index is -0.585. The Kier molecular flexibility index (Phi) is 3.03. The molecule has 78 valence electrons. The molecule has 2 unspecified atom stereocenters. The molecule has 0 bridgehead atoms. The Bertz CT molecular complexity index is 165. The van der Waals surface area contributed by atoms with Gasteiger partial charge in [-0.25, -0.2) is 0 Å². The summed E-state index contributed by atoms with van der Waals surface area (Å²) in [6, 6.07) is 0. The first-order valence-electron chi connectivity index (χ1n) is 5.23. The average Bonchev–Trinajstić information content (AvgIpc) is 1.79. The first kappa shape index (κ1) is 11.0. The van der Waals surface area contributed by atoms with Gasteiger partial charge in [-0.2, -0.15) is 0 Å². The number of aliphatic hydroxyl groups is 2. The molecule has 2 atom stereocenters. The molecular formula is C11H22O2. The van der Waals surface area contributed by atoms with Gasteiger partial charge in [0.25, 0.3) is 0 Å². The lowest BCUT2D eigenvalue weighted by Crippen LogP contribution is -2.35. The monoisotopic (exact) mass is 186 g/mol. The topological polar surface area (TPSA) is 40.5 Å². The minimum Gasteiger partial charge on any atom is -0.390 e. The fourth-order valence-electron chi connectivity index (χ4n) is 2.48. The molecule has 0 spiro atoms. The first-order chi connectivity index (χ1) is 5.79. The fourth-order valence-corrected chi connectivity index (χ4v) is 2.48. The van der Waals surface area contributed by atoms with Crippen molar-refractivity contribution >= 4 is 0 Å². The normalized spacial score (nSPS) is 36.2. The van der Waals surface area contributed by atoms with Crippen molar-refractivity contribution in [3.05, 3.63) is 0 Å². The minimum absolute atomic E-state index is 0.490. The maximum Gasteiger partial charge on any atom is 0.0622 e. The second-order valence-corrected chi connectivity index (χ2v) is 5.48. The quantitative estimate of drug-likeness (QED) is 0.693. The Labute approximate surface area is 81.0 Å². The van der Waals surface area contributed by atoms with Gasteiger partial charge in [-0.05, 0) is 46.0 Å². The highest BCUT2D eigenvalue weighted by Crippen LogP contribution is 2.36. The lowest BCUT2D eigenvalue weighted by atomic mass is 9.75. The third-order valence-electron chi connectivity index (χ3n) is 2.84. The summed E-state index contributed by atoms with van der Waals surface area (Å²) in [5.74, 6) is 0.490. The zero-order chi connectivity index (χ0) is 10.1. The molecule has 0 radical (unpaired) electrons. The molecule has 0 heterocycles. The van der Waals surface area contributed by atoms with Gasteiger partial charge in [-0.15, -0.1) is 0 Å². The predicted molar refractivity (Wildman–Crippen MR) is 53.5 cm³/mol. The van der Waals surface area contributed by atoms with Crippen LogP contribution in [-0.2, 0) is 0 Å². The molecule has 2 heteroatoms. The maximum absolute atomic E-state index is 9.86. The van der Waals surface area contributed by atoms with Crippen LogP contribution in [0.25, 0.3) is 0 Å². The summed E-state index contributed by atoms with van der Waals surface area (Å²) < 4.78 is 0. The summed E-state index contributed by atoms with van der Waals surface area (Å²) in [6.45, 7) is 5.59. The van der Waals surface area contributed by atoms with Gasteiger partial charge < -0.3 is 10.2 Å². The molecule has 1 rings (SSSR count). The van der Waals surface area contributed by atoms with Crippen LogP contribution < -0.4 is 0 Å². The summed E-state index contributed by atoms with van der Waals surface area (Å²) in [5, 5.41) is 19.5. The van der Waals surface area contributed by atoms with E-state index in [4.69, 9.17) is 0 Å². The Morgan fingerprint density at radius 1 is 1.46 bits per heavy atom. The SMILES string of the molecule is CC(C)(O)CC1CCCC(C)(O)C1. The average molecular weight is 186 g/mol. The Morgan fingerprint density at radius 3 is 2.54 bits per heavy atom. The molecule has 1 fully saturated rings. The highest BCUT2D eigenvalue weighted by atomic mass is 16.3. The van der Waals surface area contributed by atoms with E-state index in [0.717, 1.165) is 32.1 Å². The van der Waals surface area contributed by atoms with E-state index in [1.54, 1.807) is 0 Å². The summed E-state index contributed by atoms with van der Waals surface area (Å²) >= 11 is 0. The maximum atomic E-state index is 9.86. The van der Waals surface area contributed by atoms with E-state index in [-0.39, 0.29) is 0 Å². The van der Waals surface area contributed by atoms with Gasteiger partial charge in [0.2, 0.25) is 0 Å². The highest BCUT2D eigenvalue weighted by Gasteiger charge is 2.32. The van der Waals surface area contributed by atoms with Crippen molar-refractivity contribution in [3.8, 4) is 0 Å². The van der Waals surface area contributed by atoms with Crippen LogP contribution in [0.3, 0.4) is 0 Å². The zero-order valence-electron chi connectivity index (χ0n) is 9.01. The molecule has 2 N–H and O–H groups in total. The number of rotatable bonds is 2. The third kappa shape index (κ3) is 4.10. The van der Waals surface area contributed by atoms with E-state index >= 15 is 0 Å². The van der Waals surface area contributed by atoms with Gasteiger partial charge in [0.1, 0.15) is 0 Å². The van der Waals surface area contributed by atoms with Gasteiger partial charge in [0.05, 0.1) is 11.2 Å². The molecule has 0 aromatic rings. The van der Waals surface area contributed by atoms with Crippen molar-refractivity contribution in [1.82, 2.24) is 0 Å². The van der Waals surface area contributed by atoms with Gasteiger partial charge in [-0.3, -0.25) is 0 Å². The van der Waals surface area contributed by atoms with E-state index in [9.17, 15) is 10.2 Å². The van der Waals surface area contributed by atoms with E-state index < -0.39 is 11.2 Å². The van der Waals surface area contributed by atoms with Gasteiger partial charge in [0.15, 0.2) is 0 Å². The van der Waals surface area contributed by atoms with E-state index in [1.165, 1.54) is 0 Å². The van der Waals surface area contributed by atoms with Crippen molar-refractivity contribution in [2.24, 2.45) is 5.92 Å². The van der Waals surface area contributed by atoms with Crippen molar-refractivity contribution < 1.29 is 10.2 Å². The van der Waals surface area contributed by atoms with Crippen LogP contribution in [-0.4, -0.2) is 21.4 Å². The molecule has 0 aromatic carbocycles. The van der Waals surface area contributed by atoms with Gasteiger partial charge in [0, 0.05) is 0 Å². The summed E-state index contributed by atoms with van der Waals surface area (Å²) in [4.78, 5) is 0. The smallest absolute Gasteiger partial charge is 0.0622 e. The van der Waals surface area contributed by atoms with Crippen LogP contribution in [0.2, 0.25) is 0 Å². The molecule has 13 heavy (non-hydrogen) atoms. The van der Waals surface area contributed by atoms with E-state index in [0.29, 0.717) is 5.92 Å². The van der Waals surface area contributed by atoms with Crippen LogP contribution >= 0.6 is 0 Å². The molecule has 0 aromatic heterocycles. The van der Waals surface area contributed by atoms with Crippen LogP contribution in [0, 0.1) is 5.92 Å². The summed E-state index contributed by atoms with van der Waals surface area (Å²) in [7, 11) is 0. The lowest BCUT2D eigenvalue weighted by Gasteiger charge is -2.36. The Morgan fingerprint density at radius 2 is 2.08 bits per heavy atom. The molecule has 0 saturated heterocycles. The second kappa shape index (κ2) is 3.58. The van der Waals surface area contributed by atoms with Crippen LogP contribution in [0.4, 0.5) is 0 Å². The molecule has 1 saturated carbocycles. The Hall–Kier alpha value is -0.0800. The van der Waals surface area contributed by atoms with Crippen LogP contribution in [0.15, 0.2) is 0 Å². The first-order valence-corrected chi connectivity index (χ1v) is 5.23. The van der Waals surface area contributed by atoms with Gasteiger partial charge >= 0.3 is 0 Å².